The number of hydrogen-bond acceptors (Lipinski definition) is 7. The van der Waals surface area contributed by atoms with E-state index in [0.717, 1.165) is 78.9 Å². The molecule has 1 saturated heterocycles. The van der Waals surface area contributed by atoms with Crippen molar-refractivity contribution in [1.82, 2.24) is 14.8 Å². The lowest BCUT2D eigenvalue weighted by atomic mass is 10.1. The van der Waals surface area contributed by atoms with Crippen molar-refractivity contribution in [3.8, 4) is 11.5 Å². The standard InChI is InChI=1S/C28H37N3O3S/c1-20(32)28(34-25-10-11-27-26(19-25)29-21(2)35-27)31-15-13-30(14-16-31)12-3-4-17-33-24-9-8-22-6-5-7-23(22)18-24/h8-11,18-20,28,32H,3-7,12-17H2,1-2H3/t20-,28?/m1/s1. The van der Waals surface area contributed by atoms with Crippen LogP contribution in [-0.2, 0) is 12.8 Å². The summed E-state index contributed by atoms with van der Waals surface area (Å²) in [6.07, 6.45) is 4.96. The smallest absolute Gasteiger partial charge is 0.178 e. The predicted octanol–water partition coefficient (Wildman–Crippen LogP) is 4.66. The predicted molar refractivity (Wildman–Crippen MR) is 142 cm³/mol. The van der Waals surface area contributed by atoms with Crippen LogP contribution in [0, 0.1) is 6.92 Å². The first kappa shape index (κ1) is 24.5. The molecule has 5 rings (SSSR count). The van der Waals surface area contributed by atoms with Gasteiger partial charge in [-0.3, -0.25) is 4.90 Å². The summed E-state index contributed by atoms with van der Waals surface area (Å²) in [4.78, 5) is 9.34. The van der Waals surface area contributed by atoms with Crippen molar-refractivity contribution in [1.29, 1.82) is 0 Å². The molecular weight excluding hydrogens is 458 g/mol. The van der Waals surface area contributed by atoms with Crippen molar-refractivity contribution < 1.29 is 14.6 Å². The van der Waals surface area contributed by atoms with Crippen molar-refractivity contribution in [2.75, 3.05) is 39.3 Å². The van der Waals surface area contributed by atoms with E-state index in [1.807, 2.05) is 26.0 Å². The first-order chi connectivity index (χ1) is 17.0. The summed E-state index contributed by atoms with van der Waals surface area (Å²) in [7, 11) is 0. The second kappa shape index (κ2) is 11.2. The summed E-state index contributed by atoms with van der Waals surface area (Å²) in [5.74, 6) is 1.78. The molecule has 1 fully saturated rings. The average molecular weight is 496 g/mol. The Kier molecular flexibility index (Phi) is 7.88. The average Bonchev–Trinajstić information content (AvgIpc) is 3.47. The van der Waals surface area contributed by atoms with Gasteiger partial charge in [-0.05, 0) is 87.9 Å². The number of thiazole rings is 1. The third-order valence-electron chi connectivity index (χ3n) is 7.11. The fourth-order valence-corrected chi connectivity index (χ4v) is 6.03. The fraction of sp³-hybridized carbons (Fsp3) is 0.536. The zero-order chi connectivity index (χ0) is 24.2. The zero-order valence-electron chi connectivity index (χ0n) is 20.9. The van der Waals surface area contributed by atoms with E-state index in [1.54, 1.807) is 11.3 Å². The number of unbranched alkanes of at least 4 members (excludes halogenated alkanes) is 1. The number of aryl methyl sites for hydroxylation is 3. The van der Waals surface area contributed by atoms with E-state index in [-0.39, 0.29) is 6.23 Å². The van der Waals surface area contributed by atoms with Crippen LogP contribution in [0.25, 0.3) is 10.2 Å². The van der Waals surface area contributed by atoms with Gasteiger partial charge >= 0.3 is 0 Å². The number of aromatic nitrogens is 1. The molecule has 3 aromatic rings. The number of nitrogens with zero attached hydrogens (tertiary/aromatic N) is 3. The monoisotopic (exact) mass is 495 g/mol. The summed E-state index contributed by atoms with van der Waals surface area (Å²) in [6.45, 7) is 9.44. The third kappa shape index (κ3) is 6.15. The minimum atomic E-state index is -0.578. The van der Waals surface area contributed by atoms with Crippen LogP contribution in [-0.4, -0.2) is 71.6 Å². The summed E-state index contributed by atoms with van der Waals surface area (Å²) < 4.78 is 13.4. The number of hydrogen-bond donors (Lipinski definition) is 1. The van der Waals surface area contributed by atoms with Gasteiger partial charge in [-0.1, -0.05) is 6.07 Å². The van der Waals surface area contributed by atoms with Gasteiger partial charge in [0.1, 0.15) is 17.6 Å². The number of benzene rings is 2. The lowest BCUT2D eigenvalue weighted by molar-refractivity contribution is -0.0745. The lowest BCUT2D eigenvalue weighted by Gasteiger charge is -2.40. The maximum atomic E-state index is 10.4. The largest absolute Gasteiger partial charge is 0.494 e. The van der Waals surface area contributed by atoms with E-state index in [9.17, 15) is 5.11 Å². The minimum Gasteiger partial charge on any atom is -0.494 e. The Hall–Kier alpha value is -2.19. The van der Waals surface area contributed by atoms with Crippen molar-refractivity contribution in [2.45, 2.75) is 58.3 Å². The van der Waals surface area contributed by atoms with Gasteiger partial charge < -0.3 is 19.5 Å². The van der Waals surface area contributed by atoms with Gasteiger partial charge in [0.25, 0.3) is 0 Å². The second-order valence-electron chi connectivity index (χ2n) is 9.83. The van der Waals surface area contributed by atoms with Crippen LogP contribution in [0.1, 0.15) is 42.3 Å². The Balaban J connectivity index is 1.04. The topological polar surface area (TPSA) is 58.1 Å². The molecule has 0 bridgehead atoms. The molecule has 1 aromatic heterocycles. The molecule has 0 saturated carbocycles. The van der Waals surface area contributed by atoms with Crippen LogP contribution in [0.5, 0.6) is 11.5 Å². The number of aliphatic hydroxyl groups excluding tert-OH is 1. The molecule has 35 heavy (non-hydrogen) atoms. The highest BCUT2D eigenvalue weighted by atomic mass is 32.1. The molecule has 0 radical (unpaired) electrons. The Labute approximate surface area is 212 Å². The Morgan fingerprint density at radius 1 is 1.00 bits per heavy atom. The molecule has 2 atom stereocenters. The molecule has 6 nitrogen and oxygen atoms in total. The van der Waals surface area contributed by atoms with Crippen LogP contribution in [0.3, 0.4) is 0 Å². The van der Waals surface area contributed by atoms with Crippen LogP contribution in [0.4, 0.5) is 0 Å². The number of aliphatic hydroxyl groups is 1. The highest BCUT2D eigenvalue weighted by Crippen LogP contribution is 2.28. The highest BCUT2D eigenvalue weighted by Gasteiger charge is 2.28. The van der Waals surface area contributed by atoms with Crippen molar-refractivity contribution in [2.24, 2.45) is 0 Å². The Morgan fingerprint density at radius 2 is 1.80 bits per heavy atom. The maximum Gasteiger partial charge on any atom is 0.178 e. The molecule has 1 N–H and O–H groups in total. The van der Waals surface area contributed by atoms with Gasteiger partial charge in [-0.15, -0.1) is 11.3 Å². The van der Waals surface area contributed by atoms with Crippen LogP contribution in [0.2, 0.25) is 0 Å². The first-order valence-corrected chi connectivity index (χ1v) is 13.8. The lowest BCUT2D eigenvalue weighted by Crippen LogP contribution is -2.55. The molecule has 1 aliphatic heterocycles. The van der Waals surface area contributed by atoms with Gasteiger partial charge in [0.05, 0.1) is 21.8 Å². The van der Waals surface area contributed by atoms with Crippen LogP contribution >= 0.6 is 11.3 Å². The molecule has 0 spiro atoms. The molecule has 2 aliphatic rings. The van der Waals surface area contributed by atoms with E-state index in [1.165, 1.54) is 30.4 Å². The van der Waals surface area contributed by atoms with Gasteiger partial charge in [0.15, 0.2) is 6.23 Å². The van der Waals surface area contributed by atoms with Gasteiger partial charge in [-0.2, -0.15) is 0 Å². The number of ether oxygens (including phenoxy) is 2. The maximum absolute atomic E-state index is 10.4. The molecule has 1 unspecified atom stereocenters. The van der Waals surface area contributed by atoms with Gasteiger partial charge in [-0.25, -0.2) is 4.98 Å². The van der Waals surface area contributed by atoms with Crippen LogP contribution in [0.15, 0.2) is 36.4 Å². The van der Waals surface area contributed by atoms with E-state index in [4.69, 9.17) is 9.47 Å². The molecule has 2 heterocycles. The minimum absolute atomic E-state index is 0.352. The second-order valence-corrected chi connectivity index (χ2v) is 11.1. The molecule has 7 heteroatoms. The molecule has 2 aromatic carbocycles. The van der Waals surface area contributed by atoms with Crippen molar-refractivity contribution in [3.63, 3.8) is 0 Å². The number of fused-ring (bicyclic) bond motifs is 2. The summed E-state index contributed by atoms with van der Waals surface area (Å²) in [5, 5.41) is 11.5. The number of piperazine rings is 1. The van der Waals surface area contributed by atoms with Gasteiger partial charge in [0, 0.05) is 32.2 Å². The Morgan fingerprint density at radius 3 is 2.63 bits per heavy atom. The SMILES string of the molecule is Cc1nc2cc(OC([C@@H](C)O)N3CCN(CCCCOc4ccc5c(c4)CCC5)CC3)ccc2s1. The van der Waals surface area contributed by atoms with E-state index >= 15 is 0 Å². The van der Waals surface area contributed by atoms with Gasteiger partial charge in [0.2, 0.25) is 0 Å². The molecular formula is C28H37N3O3S. The van der Waals surface area contributed by atoms with E-state index < -0.39 is 6.10 Å². The number of rotatable bonds is 10. The summed E-state index contributed by atoms with van der Waals surface area (Å²) in [6, 6.07) is 12.6. The molecule has 0 amide bonds. The fourth-order valence-electron chi connectivity index (χ4n) is 5.22. The summed E-state index contributed by atoms with van der Waals surface area (Å²) in [5.41, 5.74) is 3.92. The molecule has 188 valence electrons. The highest BCUT2D eigenvalue weighted by molar-refractivity contribution is 7.18. The van der Waals surface area contributed by atoms with Crippen molar-refractivity contribution in [3.05, 3.63) is 52.5 Å². The zero-order valence-corrected chi connectivity index (χ0v) is 21.7. The normalized spacial score (nSPS) is 18.5. The summed E-state index contributed by atoms with van der Waals surface area (Å²) >= 11 is 1.69. The van der Waals surface area contributed by atoms with E-state index in [0.29, 0.717) is 0 Å². The quantitative estimate of drug-likeness (QED) is 0.413. The van der Waals surface area contributed by atoms with E-state index in [2.05, 4.69) is 39.0 Å². The molecule has 1 aliphatic carbocycles. The Bertz CT molecular complexity index is 1120. The third-order valence-corrected chi connectivity index (χ3v) is 8.06. The van der Waals surface area contributed by atoms with Crippen molar-refractivity contribution >= 4 is 21.6 Å². The van der Waals surface area contributed by atoms with Crippen LogP contribution < -0.4 is 9.47 Å². The first-order valence-electron chi connectivity index (χ1n) is 13.0.